The third-order valence-corrected chi connectivity index (χ3v) is 6.05. The van der Waals surface area contributed by atoms with Crippen molar-refractivity contribution in [2.24, 2.45) is 0 Å². The fourth-order valence-corrected chi connectivity index (χ4v) is 4.36. The molecule has 0 saturated carbocycles. The van der Waals surface area contributed by atoms with Crippen molar-refractivity contribution in [2.45, 2.75) is 19.3 Å². The number of fused-ring (bicyclic) bond motifs is 1. The van der Waals surface area contributed by atoms with E-state index < -0.39 is 0 Å². The van der Waals surface area contributed by atoms with Crippen LogP contribution in [0.2, 0.25) is 0 Å². The van der Waals surface area contributed by atoms with E-state index in [1.165, 1.54) is 0 Å². The Balaban J connectivity index is 1.44. The van der Waals surface area contributed by atoms with Crippen LogP contribution < -0.4 is 5.32 Å². The Hall–Kier alpha value is -4.13. The SMILES string of the molecule is Cc1cccc(NC(=O)c2ccc(-c3cc(C4CCN(C=O)C4)c4ncncc4c3)cn2)c1. The van der Waals surface area contributed by atoms with Gasteiger partial charge in [-0.15, -0.1) is 0 Å². The van der Waals surface area contributed by atoms with Gasteiger partial charge in [0.2, 0.25) is 6.41 Å². The molecular weight excluding hydrogens is 414 g/mol. The molecule has 2 amide bonds. The quantitative estimate of drug-likeness (QED) is 0.473. The van der Waals surface area contributed by atoms with E-state index >= 15 is 0 Å². The van der Waals surface area contributed by atoms with Gasteiger partial charge in [-0.25, -0.2) is 9.97 Å². The number of aryl methyl sites for hydroxylation is 1. The van der Waals surface area contributed by atoms with Crippen molar-refractivity contribution in [3.63, 3.8) is 0 Å². The monoisotopic (exact) mass is 437 g/mol. The molecule has 164 valence electrons. The van der Waals surface area contributed by atoms with Gasteiger partial charge in [0, 0.05) is 48.0 Å². The number of amides is 2. The summed E-state index contributed by atoms with van der Waals surface area (Å²) < 4.78 is 0. The van der Waals surface area contributed by atoms with E-state index in [0.29, 0.717) is 12.2 Å². The summed E-state index contributed by atoms with van der Waals surface area (Å²) >= 11 is 0. The van der Waals surface area contributed by atoms with Crippen molar-refractivity contribution < 1.29 is 9.59 Å². The van der Waals surface area contributed by atoms with E-state index in [1.807, 2.05) is 43.3 Å². The van der Waals surface area contributed by atoms with Gasteiger partial charge in [-0.05, 0) is 60.4 Å². The first-order chi connectivity index (χ1) is 16.1. The molecule has 33 heavy (non-hydrogen) atoms. The second-order valence-corrected chi connectivity index (χ2v) is 8.37. The molecule has 0 radical (unpaired) electrons. The summed E-state index contributed by atoms with van der Waals surface area (Å²) in [6, 6.07) is 15.4. The van der Waals surface area contributed by atoms with Crippen LogP contribution in [0.1, 0.15) is 34.0 Å². The largest absolute Gasteiger partial charge is 0.345 e. The van der Waals surface area contributed by atoms with Gasteiger partial charge in [0.15, 0.2) is 0 Å². The Morgan fingerprint density at radius 1 is 1.09 bits per heavy atom. The first-order valence-electron chi connectivity index (χ1n) is 10.9. The Bertz CT molecular complexity index is 1340. The van der Waals surface area contributed by atoms with Crippen molar-refractivity contribution in [1.82, 2.24) is 19.9 Å². The summed E-state index contributed by atoms with van der Waals surface area (Å²) in [7, 11) is 0. The number of anilines is 1. The van der Waals surface area contributed by atoms with Crippen LogP contribution in [0.3, 0.4) is 0 Å². The van der Waals surface area contributed by atoms with Gasteiger partial charge in [0.1, 0.15) is 12.0 Å². The highest BCUT2D eigenvalue weighted by molar-refractivity contribution is 6.03. The van der Waals surface area contributed by atoms with Gasteiger partial charge in [-0.2, -0.15) is 0 Å². The zero-order chi connectivity index (χ0) is 22.8. The predicted molar refractivity (Wildman–Crippen MR) is 127 cm³/mol. The molecule has 2 aromatic heterocycles. The van der Waals surface area contributed by atoms with Crippen molar-refractivity contribution in [3.05, 3.63) is 84.1 Å². The average Bonchev–Trinajstić information content (AvgIpc) is 3.33. The summed E-state index contributed by atoms with van der Waals surface area (Å²) in [4.78, 5) is 38.7. The molecule has 1 atom stereocenters. The van der Waals surface area contributed by atoms with Crippen molar-refractivity contribution >= 4 is 28.9 Å². The molecule has 1 aliphatic rings. The van der Waals surface area contributed by atoms with E-state index in [0.717, 1.165) is 58.2 Å². The number of aromatic nitrogens is 3. The second kappa shape index (κ2) is 8.78. The molecule has 0 aliphatic carbocycles. The van der Waals surface area contributed by atoms with Gasteiger partial charge >= 0.3 is 0 Å². The summed E-state index contributed by atoms with van der Waals surface area (Å²) in [5.41, 5.74) is 6.07. The number of carbonyl (C=O) groups is 2. The molecule has 2 aromatic carbocycles. The van der Waals surface area contributed by atoms with Crippen LogP contribution >= 0.6 is 0 Å². The Labute approximate surface area is 191 Å². The van der Waals surface area contributed by atoms with Crippen LogP contribution in [0.25, 0.3) is 22.0 Å². The first-order valence-corrected chi connectivity index (χ1v) is 10.9. The third-order valence-electron chi connectivity index (χ3n) is 6.05. The number of hydrogen-bond donors (Lipinski definition) is 1. The van der Waals surface area contributed by atoms with Crippen LogP contribution in [0, 0.1) is 6.92 Å². The molecule has 5 rings (SSSR count). The maximum atomic E-state index is 12.6. The highest BCUT2D eigenvalue weighted by atomic mass is 16.2. The Morgan fingerprint density at radius 3 is 2.76 bits per heavy atom. The standard InChI is InChI=1S/C26H23N5O2/c1-17-3-2-4-22(9-17)30-26(33)24-6-5-18(13-28-24)20-10-21-12-27-15-29-25(21)23(11-20)19-7-8-31(14-19)16-32/h2-6,9-13,15-16,19H,7-8,14H2,1H3,(H,30,33). The Kier molecular flexibility index (Phi) is 5.52. The highest BCUT2D eigenvalue weighted by Crippen LogP contribution is 2.34. The average molecular weight is 438 g/mol. The van der Waals surface area contributed by atoms with Gasteiger partial charge in [-0.3, -0.25) is 14.6 Å². The number of rotatable bonds is 5. The highest BCUT2D eigenvalue weighted by Gasteiger charge is 2.25. The van der Waals surface area contributed by atoms with Crippen molar-refractivity contribution in [1.29, 1.82) is 0 Å². The topological polar surface area (TPSA) is 88.1 Å². The molecule has 1 fully saturated rings. The normalized spacial score (nSPS) is 15.5. The molecule has 4 aromatic rings. The first kappa shape index (κ1) is 20.8. The summed E-state index contributed by atoms with van der Waals surface area (Å²) in [5, 5.41) is 3.83. The van der Waals surface area contributed by atoms with Crippen LogP contribution in [0.5, 0.6) is 0 Å². The van der Waals surface area contributed by atoms with E-state index in [-0.39, 0.29) is 11.8 Å². The fourth-order valence-electron chi connectivity index (χ4n) is 4.36. The van der Waals surface area contributed by atoms with Crippen LogP contribution in [-0.2, 0) is 4.79 Å². The smallest absolute Gasteiger partial charge is 0.274 e. The molecule has 1 unspecified atom stereocenters. The lowest BCUT2D eigenvalue weighted by atomic mass is 9.92. The van der Waals surface area contributed by atoms with Crippen molar-refractivity contribution in [2.75, 3.05) is 18.4 Å². The van der Waals surface area contributed by atoms with E-state index in [1.54, 1.807) is 29.7 Å². The maximum Gasteiger partial charge on any atom is 0.274 e. The number of carbonyl (C=O) groups excluding carboxylic acids is 2. The lowest BCUT2D eigenvalue weighted by molar-refractivity contribution is -0.117. The summed E-state index contributed by atoms with van der Waals surface area (Å²) in [5.74, 6) is -0.0282. The molecule has 1 aliphatic heterocycles. The molecule has 7 nitrogen and oxygen atoms in total. The lowest BCUT2D eigenvalue weighted by Crippen LogP contribution is -2.17. The number of benzene rings is 2. The van der Waals surface area contributed by atoms with Crippen LogP contribution in [0.4, 0.5) is 5.69 Å². The molecule has 7 heteroatoms. The van der Waals surface area contributed by atoms with Gasteiger partial charge in [0.05, 0.1) is 5.52 Å². The minimum atomic E-state index is -0.250. The number of hydrogen-bond acceptors (Lipinski definition) is 5. The third kappa shape index (κ3) is 4.30. The second-order valence-electron chi connectivity index (χ2n) is 8.37. The van der Waals surface area contributed by atoms with Crippen LogP contribution in [-0.4, -0.2) is 45.3 Å². The van der Waals surface area contributed by atoms with Gasteiger partial charge in [0.25, 0.3) is 5.91 Å². The van der Waals surface area contributed by atoms with E-state index in [2.05, 4.69) is 26.3 Å². The fraction of sp³-hybridized carbons (Fsp3) is 0.192. The molecule has 1 saturated heterocycles. The molecule has 3 heterocycles. The minimum Gasteiger partial charge on any atom is -0.345 e. The molecular formula is C26H23N5O2. The van der Waals surface area contributed by atoms with Gasteiger partial charge in [-0.1, -0.05) is 18.2 Å². The number of nitrogens with zero attached hydrogens (tertiary/aromatic N) is 4. The Morgan fingerprint density at radius 2 is 2.00 bits per heavy atom. The van der Waals surface area contributed by atoms with Gasteiger partial charge < -0.3 is 10.2 Å². The van der Waals surface area contributed by atoms with Crippen LogP contribution in [0.15, 0.2) is 67.3 Å². The number of nitrogens with one attached hydrogen (secondary N) is 1. The number of likely N-dealkylation sites (tertiary alicyclic amines) is 1. The maximum absolute atomic E-state index is 12.6. The summed E-state index contributed by atoms with van der Waals surface area (Å²) in [6.07, 6.45) is 6.88. The van der Waals surface area contributed by atoms with E-state index in [9.17, 15) is 9.59 Å². The van der Waals surface area contributed by atoms with Crippen molar-refractivity contribution in [3.8, 4) is 11.1 Å². The zero-order valence-corrected chi connectivity index (χ0v) is 18.2. The predicted octanol–water partition coefficient (Wildman–Crippen LogP) is 4.20. The molecule has 0 spiro atoms. The van der Waals surface area contributed by atoms with E-state index in [4.69, 9.17) is 0 Å². The lowest BCUT2D eigenvalue weighted by Gasteiger charge is -2.15. The summed E-state index contributed by atoms with van der Waals surface area (Å²) in [6.45, 7) is 3.41. The molecule has 1 N–H and O–H groups in total. The zero-order valence-electron chi connectivity index (χ0n) is 18.2. The molecule has 0 bridgehead atoms. The minimum absolute atomic E-state index is 0.222. The number of pyridine rings is 1.